The fraction of sp³-hybridized carbons (Fsp3) is 0.500. The Morgan fingerprint density at radius 2 is 2.03 bits per heavy atom. The van der Waals surface area contributed by atoms with Gasteiger partial charge in [-0.15, -0.1) is 0 Å². The predicted octanol–water partition coefficient (Wildman–Crippen LogP) is 3.60. The summed E-state index contributed by atoms with van der Waals surface area (Å²) in [7, 11) is 0. The van der Waals surface area contributed by atoms with E-state index in [1.807, 2.05) is 19.9 Å². The molecule has 2 aromatic heterocycles. The van der Waals surface area contributed by atoms with Crippen LogP contribution in [0.3, 0.4) is 0 Å². The molecule has 0 aliphatic carbocycles. The van der Waals surface area contributed by atoms with Crippen LogP contribution in [0.1, 0.15) is 67.2 Å². The highest BCUT2D eigenvalue weighted by molar-refractivity contribution is 5.78. The molecule has 0 unspecified atom stereocenters. The highest BCUT2D eigenvalue weighted by Crippen LogP contribution is 2.32. The number of piperidine rings is 1. The van der Waals surface area contributed by atoms with Gasteiger partial charge < -0.3 is 4.90 Å². The van der Waals surface area contributed by atoms with Crippen molar-refractivity contribution in [2.45, 2.75) is 65.6 Å². The van der Waals surface area contributed by atoms with Gasteiger partial charge in [-0.1, -0.05) is 44.5 Å². The SMILES string of the molecule is Cc1ccccc1CN1CCCC[C@H]1c1cc2nc3c(c(=O)n2[nH]1)CN(C(=O)C(C)C)CC3. The maximum atomic E-state index is 13.4. The van der Waals surface area contributed by atoms with Gasteiger partial charge in [0.05, 0.1) is 29.5 Å². The van der Waals surface area contributed by atoms with Crippen LogP contribution in [0.15, 0.2) is 35.1 Å². The van der Waals surface area contributed by atoms with Crippen LogP contribution < -0.4 is 5.56 Å². The van der Waals surface area contributed by atoms with Crippen molar-refractivity contribution < 1.29 is 4.79 Å². The minimum absolute atomic E-state index is 0.0754. The second-order valence-corrected chi connectivity index (χ2v) is 9.82. The summed E-state index contributed by atoms with van der Waals surface area (Å²) < 4.78 is 1.58. The normalized spacial score (nSPS) is 19.3. The highest BCUT2D eigenvalue weighted by atomic mass is 16.2. The fourth-order valence-electron chi connectivity index (χ4n) is 5.26. The summed E-state index contributed by atoms with van der Waals surface area (Å²) in [5.41, 5.74) is 5.78. The molecule has 1 atom stereocenters. The van der Waals surface area contributed by atoms with Crippen LogP contribution in [0, 0.1) is 12.8 Å². The molecule has 0 saturated carbocycles. The van der Waals surface area contributed by atoms with Crippen LogP contribution in [0.5, 0.6) is 0 Å². The summed E-state index contributed by atoms with van der Waals surface area (Å²) in [5, 5.41) is 3.38. The fourth-order valence-corrected chi connectivity index (χ4v) is 5.26. The van der Waals surface area contributed by atoms with E-state index in [4.69, 9.17) is 4.98 Å². The molecule has 2 aliphatic rings. The van der Waals surface area contributed by atoms with Gasteiger partial charge in [0.15, 0.2) is 5.65 Å². The minimum atomic E-state index is -0.0798. The van der Waals surface area contributed by atoms with Crippen molar-refractivity contribution in [2.24, 2.45) is 5.92 Å². The first-order chi connectivity index (χ1) is 15.9. The Hall–Kier alpha value is -2.93. The van der Waals surface area contributed by atoms with Gasteiger partial charge in [0.2, 0.25) is 5.91 Å². The summed E-state index contributed by atoms with van der Waals surface area (Å²) in [6.45, 7) is 8.87. The van der Waals surface area contributed by atoms with Crippen molar-refractivity contribution in [1.82, 2.24) is 24.4 Å². The Balaban J connectivity index is 1.47. The maximum Gasteiger partial charge on any atom is 0.277 e. The van der Waals surface area contributed by atoms with E-state index in [9.17, 15) is 9.59 Å². The average molecular weight is 448 g/mol. The topological polar surface area (TPSA) is 73.7 Å². The van der Waals surface area contributed by atoms with Crippen molar-refractivity contribution in [3.8, 4) is 0 Å². The molecule has 1 saturated heterocycles. The number of aromatic amines is 1. The molecule has 3 aromatic rings. The van der Waals surface area contributed by atoms with E-state index in [1.54, 1.807) is 9.42 Å². The Morgan fingerprint density at radius 1 is 1.21 bits per heavy atom. The average Bonchev–Trinajstić information content (AvgIpc) is 3.24. The van der Waals surface area contributed by atoms with Crippen LogP contribution in [0.4, 0.5) is 0 Å². The van der Waals surface area contributed by atoms with Crippen LogP contribution >= 0.6 is 0 Å². The first-order valence-electron chi connectivity index (χ1n) is 12.1. The number of nitrogens with zero attached hydrogens (tertiary/aromatic N) is 4. The van der Waals surface area contributed by atoms with E-state index in [0.29, 0.717) is 30.7 Å². The van der Waals surface area contributed by atoms with Crippen LogP contribution in [0.25, 0.3) is 5.65 Å². The number of H-pyrrole nitrogens is 1. The van der Waals surface area contributed by atoms with Gasteiger partial charge in [-0.2, -0.15) is 0 Å². The number of aromatic nitrogens is 3. The van der Waals surface area contributed by atoms with Crippen molar-refractivity contribution in [1.29, 1.82) is 0 Å². The molecule has 7 nitrogen and oxygen atoms in total. The van der Waals surface area contributed by atoms with E-state index in [2.05, 4.69) is 41.2 Å². The molecule has 1 aromatic carbocycles. The first kappa shape index (κ1) is 21.9. The molecule has 4 heterocycles. The first-order valence-corrected chi connectivity index (χ1v) is 12.1. The Labute approximate surface area is 194 Å². The number of aryl methyl sites for hydroxylation is 1. The van der Waals surface area contributed by atoms with Crippen LogP contribution in [0.2, 0.25) is 0 Å². The lowest BCUT2D eigenvalue weighted by atomic mass is 9.97. The molecular weight excluding hydrogens is 414 g/mol. The molecule has 1 amide bonds. The maximum absolute atomic E-state index is 13.4. The number of benzene rings is 1. The van der Waals surface area contributed by atoms with Gasteiger partial charge in [-0.05, 0) is 37.4 Å². The summed E-state index contributed by atoms with van der Waals surface area (Å²) in [6.07, 6.45) is 4.05. The molecule has 7 heteroatoms. The van der Waals surface area contributed by atoms with Gasteiger partial charge in [0, 0.05) is 31.5 Å². The Bertz CT molecular complexity index is 1240. The summed E-state index contributed by atoms with van der Waals surface area (Å²) in [5.74, 6) is 0.0139. The quantitative estimate of drug-likeness (QED) is 0.663. The lowest BCUT2D eigenvalue weighted by Gasteiger charge is -2.35. The zero-order valence-corrected chi connectivity index (χ0v) is 19.8. The molecule has 0 radical (unpaired) electrons. The molecule has 5 rings (SSSR count). The number of carbonyl (C=O) groups is 1. The lowest BCUT2D eigenvalue weighted by molar-refractivity contribution is -0.135. The van der Waals surface area contributed by atoms with E-state index in [-0.39, 0.29) is 23.4 Å². The van der Waals surface area contributed by atoms with Gasteiger partial charge in [-0.3, -0.25) is 19.6 Å². The van der Waals surface area contributed by atoms with Crippen molar-refractivity contribution in [2.75, 3.05) is 13.1 Å². The summed E-state index contributed by atoms with van der Waals surface area (Å²) in [4.78, 5) is 35.0. The van der Waals surface area contributed by atoms with Crippen molar-refractivity contribution >= 4 is 11.6 Å². The highest BCUT2D eigenvalue weighted by Gasteiger charge is 2.29. The number of hydrogen-bond acceptors (Lipinski definition) is 4. The zero-order chi connectivity index (χ0) is 23.1. The molecule has 0 spiro atoms. The number of carbonyl (C=O) groups excluding carboxylic acids is 1. The third-order valence-corrected chi connectivity index (χ3v) is 7.19. The third-order valence-electron chi connectivity index (χ3n) is 7.19. The van der Waals surface area contributed by atoms with E-state index in [0.717, 1.165) is 30.9 Å². The molecule has 0 bridgehead atoms. The standard InChI is InChI=1S/C26H33N5O2/c1-17(2)25(32)30-13-11-21-20(16-30)26(33)31-24(27-21)14-22(28-31)23-10-6-7-12-29(23)15-19-9-5-4-8-18(19)3/h4-5,8-9,14,17,23,28H,6-7,10-13,15-16H2,1-3H3/t23-/m0/s1. The number of fused-ring (bicyclic) bond motifs is 2. The Kier molecular flexibility index (Phi) is 5.83. The monoisotopic (exact) mass is 447 g/mol. The van der Waals surface area contributed by atoms with E-state index >= 15 is 0 Å². The zero-order valence-electron chi connectivity index (χ0n) is 19.8. The van der Waals surface area contributed by atoms with Crippen molar-refractivity contribution in [3.63, 3.8) is 0 Å². The van der Waals surface area contributed by atoms with E-state index < -0.39 is 0 Å². The number of rotatable bonds is 4. The molecular formula is C26H33N5O2. The summed E-state index contributed by atoms with van der Waals surface area (Å²) >= 11 is 0. The molecule has 2 aliphatic heterocycles. The number of amides is 1. The molecule has 1 fully saturated rings. The molecule has 1 N–H and O–H groups in total. The van der Waals surface area contributed by atoms with Gasteiger partial charge in [-0.25, -0.2) is 9.50 Å². The number of nitrogens with one attached hydrogen (secondary N) is 1. The van der Waals surface area contributed by atoms with Gasteiger partial charge >= 0.3 is 0 Å². The van der Waals surface area contributed by atoms with Gasteiger partial charge in [0.25, 0.3) is 5.56 Å². The predicted molar refractivity (Wildman–Crippen MR) is 128 cm³/mol. The van der Waals surface area contributed by atoms with Gasteiger partial charge in [0.1, 0.15) is 0 Å². The molecule has 33 heavy (non-hydrogen) atoms. The van der Waals surface area contributed by atoms with Crippen molar-refractivity contribution in [3.05, 3.63) is 68.8 Å². The number of likely N-dealkylation sites (tertiary alicyclic amines) is 1. The lowest BCUT2D eigenvalue weighted by Crippen LogP contribution is -2.41. The second kappa shape index (κ2) is 8.78. The van der Waals surface area contributed by atoms with E-state index in [1.165, 1.54) is 24.0 Å². The smallest absolute Gasteiger partial charge is 0.277 e. The third kappa shape index (κ3) is 4.10. The minimum Gasteiger partial charge on any atom is -0.337 e. The largest absolute Gasteiger partial charge is 0.337 e. The second-order valence-electron chi connectivity index (χ2n) is 9.82. The van der Waals surface area contributed by atoms with Crippen LogP contribution in [-0.4, -0.2) is 43.4 Å². The molecule has 174 valence electrons. The van der Waals surface area contributed by atoms with Crippen LogP contribution in [-0.2, 0) is 24.3 Å². The number of hydrogen-bond donors (Lipinski definition) is 1. The Morgan fingerprint density at radius 3 is 2.82 bits per heavy atom. The summed E-state index contributed by atoms with van der Waals surface area (Å²) in [6, 6.07) is 10.8.